The largest absolute Gasteiger partial charge is 0.324 e. The van der Waals surface area contributed by atoms with Gasteiger partial charge in [-0.2, -0.15) is 0 Å². The number of rotatable bonds is 2. The zero-order valence-electron chi connectivity index (χ0n) is 9.15. The standard InChI is InChI=1S/C12H14ClN3/c1-7(14)9-3-2-6-16-11(13)10(8-4-5-8)15-12(9)16/h2-3,6-8H,4-5,14H2,1H3. The molecule has 2 N–H and O–H groups in total. The Bertz CT molecular complexity index is 540. The van der Waals surface area contributed by atoms with Gasteiger partial charge in [0.1, 0.15) is 10.8 Å². The molecule has 0 aromatic carbocycles. The maximum absolute atomic E-state index is 6.33. The van der Waals surface area contributed by atoms with Crippen LogP contribution < -0.4 is 5.73 Å². The normalized spacial score (nSPS) is 17.9. The SMILES string of the molecule is CC(N)c1cccn2c(Cl)c(C3CC3)nc12. The van der Waals surface area contributed by atoms with Crippen molar-refractivity contribution in [2.24, 2.45) is 5.73 Å². The minimum atomic E-state index is -0.0192. The van der Waals surface area contributed by atoms with Crippen LogP contribution in [0.25, 0.3) is 5.65 Å². The lowest BCUT2D eigenvalue weighted by molar-refractivity contribution is 0.816. The number of nitrogens with zero attached hydrogens (tertiary/aromatic N) is 2. The Morgan fingerprint density at radius 1 is 1.56 bits per heavy atom. The van der Waals surface area contributed by atoms with E-state index in [0.717, 1.165) is 22.1 Å². The highest BCUT2D eigenvalue weighted by atomic mass is 35.5. The highest BCUT2D eigenvalue weighted by Crippen LogP contribution is 2.43. The van der Waals surface area contributed by atoms with Crippen LogP contribution in [0.5, 0.6) is 0 Å². The minimum absolute atomic E-state index is 0.0192. The number of nitrogens with two attached hydrogens (primary N) is 1. The quantitative estimate of drug-likeness (QED) is 0.870. The molecule has 1 saturated carbocycles. The van der Waals surface area contributed by atoms with Crippen molar-refractivity contribution in [3.05, 3.63) is 34.7 Å². The van der Waals surface area contributed by atoms with Crippen LogP contribution in [0.4, 0.5) is 0 Å². The number of imidazole rings is 1. The van der Waals surface area contributed by atoms with Crippen molar-refractivity contribution in [2.45, 2.75) is 31.7 Å². The van der Waals surface area contributed by atoms with Crippen molar-refractivity contribution in [3.8, 4) is 0 Å². The lowest BCUT2D eigenvalue weighted by atomic mass is 10.1. The Hall–Kier alpha value is -1.06. The van der Waals surface area contributed by atoms with E-state index in [1.165, 1.54) is 12.8 Å². The van der Waals surface area contributed by atoms with E-state index in [-0.39, 0.29) is 6.04 Å². The van der Waals surface area contributed by atoms with Crippen molar-refractivity contribution >= 4 is 17.2 Å². The lowest BCUT2D eigenvalue weighted by Crippen LogP contribution is -2.06. The molecule has 2 aromatic heterocycles. The van der Waals surface area contributed by atoms with Gasteiger partial charge in [-0.15, -0.1) is 0 Å². The summed E-state index contributed by atoms with van der Waals surface area (Å²) in [5, 5.41) is 0.750. The molecule has 0 amide bonds. The highest BCUT2D eigenvalue weighted by Gasteiger charge is 2.30. The van der Waals surface area contributed by atoms with E-state index >= 15 is 0 Å². The summed E-state index contributed by atoms with van der Waals surface area (Å²) < 4.78 is 1.94. The van der Waals surface area contributed by atoms with Crippen molar-refractivity contribution in [2.75, 3.05) is 0 Å². The van der Waals surface area contributed by atoms with Crippen LogP contribution in [0.2, 0.25) is 5.15 Å². The van der Waals surface area contributed by atoms with E-state index in [2.05, 4.69) is 4.98 Å². The summed E-state index contributed by atoms with van der Waals surface area (Å²) in [4.78, 5) is 4.65. The summed E-state index contributed by atoms with van der Waals surface area (Å²) in [6.45, 7) is 1.97. The van der Waals surface area contributed by atoms with Gasteiger partial charge in [-0.25, -0.2) is 4.98 Å². The summed E-state index contributed by atoms with van der Waals surface area (Å²) in [5.41, 5.74) is 8.93. The lowest BCUT2D eigenvalue weighted by Gasteiger charge is -2.06. The topological polar surface area (TPSA) is 43.3 Å². The summed E-state index contributed by atoms with van der Waals surface area (Å²) in [6.07, 6.45) is 4.36. The van der Waals surface area contributed by atoms with Gasteiger partial charge in [0, 0.05) is 23.7 Å². The van der Waals surface area contributed by atoms with Crippen molar-refractivity contribution in [3.63, 3.8) is 0 Å². The Morgan fingerprint density at radius 2 is 2.31 bits per heavy atom. The molecule has 16 heavy (non-hydrogen) atoms. The van der Waals surface area contributed by atoms with Gasteiger partial charge in [0.2, 0.25) is 0 Å². The molecule has 0 radical (unpaired) electrons. The Balaban J connectivity index is 2.27. The molecule has 2 aromatic rings. The van der Waals surface area contributed by atoms with Gasteiger partial charge >= 0.3 is 0 Å². The smallest absolute Gasteiger partial charge is 0.143 e. The molecular weight excluding hydrogens is 222 g/mol. The van der Waals surface area contributed by atoms with E-state index in [9.17, 15) is 0 Å². The van der Waals surface area contributed by atoms with Crippen molar-refractivity contribution < 1.29 is 0 Å². The molecule has 1 aliphatic rings. The maximum atomic E-state index is 6.33. The fourth-order valence-corrected chi connectivity index (χ4v) is 2.38. The minimum Gasteiger partial charge on any atom is -0.324 e. The van der Waals surface area contributed by atoms with Crippen LogP contribution in [0.15, 0.2) is 18.3 Å². The molecule has 84 valence electrons. The van der Waals surface area contributed by atoms with Crippen LogP contribution >= 0.6 is 11.6 Å². The summed E-state index contributed by atoms with van der Waals surface area (Å²) in [6, 6.07) is 3.96. The number of pyridine rings is 1. The monoisotopic (exact) mass is 235 g/mol. The molecule has 0 spiro atoms. The molecule has 3 nitrogen and oxygen atoms in total. The fraction of sp³-hybridized carbons (Fsp3) is 0.417. The summed E-state index contributed by atoms with van der Waals surface area (Å²) >= 11 is 6.33. The third kappa shape index (κ3) is 1.43. The average Bonchev–Trinajstić information content (AvgIpc) is 3.04. The Labute approximate surface area is 99.2 Å². The number of aromatic nitrogens is 2. The molecular formula is C12H14ClN3. The van der Waals surface area contributed by atoms with Crippen molar-refractivity contribution in [1.82, 2.24) is 9.38 Å². The highest BCUT2D eigenvalue weighted by molar-refractivity contribution is 6.30. The molecule has 3 rings (SSSR count). The van der Waals surface area contributed by atoms with Crippen LogP contribution in [0, 0.1) is 0 Å². The summed E-state index contributed by atoms with van der Waals surface area (Å²) in [5.74, 6) is 0.563. The molecule has 0 saturated heterocycles. The first-order valence-corrected chi connectivity index (χ1v) is 5.98. The molecule has 0 aliphatic heterocycles. The third-order valence-electron chi connectivity index (χ3n) is 3.10. The first-order chi connectivity index (χ1) is 7.68. The Kier molecular flexibility index (Phi) is 2.19. The van der Waals surface area contributed by atoms with Gasteiger partial charge in [0.05, 0.1) is 5.69 Å². The number of hydrogen-bond donors (Lipinski definition) is 1. The first-order valence-electron chi connectivity index (χ1n) is 5.60. The molecule has 2 heterocycles. The fourth-order valence-electron chi connectivity index (χ4n) is 2.05. The van der Waals surface area contributed by atoms with Crippen LogP contribution in [0.3, 0.4) is 0 Å². The van der Waals surface area contributed by atoms with E-state index in [4.69, 9.17) is 17.3 Å². The number of hydrogen-bond acceptors (Lipinski definition) is 2. The van der Waals surface area contributed by atoms with Gasteiger partial charge < -0.3 is 5.73 Å². The zero-order valence-corrected chi connectivity index (χ0v) is 9.91. The molecule has 1 fully saturated rings. The zero-order chi connectivity index (χ0) is 11.3. The van der Waals surface area contributed by atoms with Gasteiger partial charge in [-0.05, 0) is 25.8 Å². The second-order valence-corrected chi connectivity index (χ2v) is 4.87. The predicted molar refractivity (Wildman–Crippen MR) is 64.8 cm³/mol. The van der Waals surface area contributed by atoms with Crippen LogP contribution in [-0.2, 0) is 0 Å². The van der Waals surface area contributed by atoms with E-state index in [0.29, 0.717) is 5.92 Å². The number of halogens is 1. The van der Waals surface area contributed by atoms with Crippen LogP contribution in [0.1, 0.15) is 43.0 Å². The molecule has 4 heteroatoms. The third-order valence-corrected chi connectivity index (χ3v) is 3.48. The molecule has 1 atom stereocenters. The predicted octanol–water partition coefficient (Wildman–Crippen LogP) is 2.88. The van der Waals surface area contributed by atoms with Gasteiger partial charge in [-0.1, -0.05) is 17.7 Å². The molecule has 1 aliphatic carbocycles. The summed E-state index contributed by atoms with van der Waals surface area (Å²) in [7, 11) is 0. The number of fused-ring (bicyclic) bond motifs is 1. The Morgan fingerprint density at radius 3 is 2.94 bits per heavy atom. The van der Waals surface area contributed by atoms with E-state index < -0.39 is 0 Å². The average molecular weight is 236 g/mol. The molecule has 0 bridgehead atoms. The second kappa shape index (κ2) is 3.47. The molecule has 1 unspecified atom stereocenters. The van der Waals surface area contributed by atoms with Crippen LogP contribution in [-0.4, -0.2) is 9.38 Å². The van der Waals surface area contributed by atoms with Gasteiger partial charge in [0.15, 0.2) is 0 Å². The second-order valence-electron chi connectivity index (χ2n) is 4.51. The van der Waals surface area contributed by atoms with E-state index in [1.54, 1.807) is 0 Å². The van der Waals surface area contributed by atoms with Crippen molar-refractivity contribution in [1.29, 1.82) is 0 Å². The van der Waals surface area contributed by atoms with Gasteiger partial charge in [-0.3, -0.25) is 4.40 Å². The van der Waals surface area contributed by atoms with Gasteiger partial charge in [0.25, 0.3) is 0 Å². The maximum Gasteiger partial charge on any atom is 0.143 e. The first kappa shape index (κ1) is 10.1. The van der Waals surface area contributed by atoms with E-state index in [1.807, 2.05) is 29.7 Å².